The molecule has 0 atom stereocenters. The summed E-state index contributed by atoms with van der Waals surface area (Å²) >= 11 is 0. The van der Waals surface area contributed by atoms with Crippen LogP contribution in [0.3, 0.4) is 0 Å². The molecule has 0 radical (unpaired) electrons. The summed E-state index contributed by atoms with van der Waals surface area (Å²) in [5.74, 6) is -1.97. The van der Waals surface area contributed by atoms with E-state index in [-0.39, 0.29) is 13.1 Å². The third-order valence-electron chi connectivity index (χ3n) is 3.16. The van der Waals surface area contributed by atoms with Gasteiger partial charge in [-0.15, -0.1) is 0 Å². The highest BCUT2D eigenvalue weighted by atomic mass is 32.2. The number of carboxylic acids is 1. The summed E-state index contributed by atoms with van der Waals surface area (Å²) < 4.78 is 65.4. The molecule has 0 saturated heterocycles. The van der Waals surface area contributed by atoms with Crippen molar-refractivity contribution in [1.29, 1.82) is 0 Å². The number of nitrogens with zero attached hydrogens (tertiary/aromatic N) is 2. The second kappa shape index (κ2) is 6.73. The number of hydrogen-bond donors (Lipinski definition) is 1. The number of halogens is 3. The molecular weight excluding hydrogens is 357 g/mol. The molecule has 0 aliphatic carbocycles. The SMILES string of the molecule is CCN(CC)S(=O)(=O)c1ccc(C(=O)O)c([N+](=O)[O-])c1C(F)(F)F. The van der Waals surface area contributed by atoms with Crippen LogP contribution in [0.15, 0.2) is 17.0 Å². The molecule has 0 heterocycles. The van der Waals surface area contributed by atoms with Gasteiger partial charge in [0.15, 0.2) is 5.56 Å². The number of aromatic carboxylic acids is 1. The van der Waals surface area contributed by atoms with Gasteiger partial charge in [-0.05, 0) is 12.1 Å². The van der Waals surface area contributed by atoms with Crippen LogP contribution in [0.1, 0.15) is 29.8 Å². The third kappa shape index (κ3) is 3.48. The summed E-state index contributed by atoms with van der Waals surface area (Å²) in [5, 5.41) is 19.9. The Morgan fingerprint density at radius 1 is 1.29 bits per heavy atom. The number of carbonyl (C=O) groups is 1. The molecular formula is C12H13F3N2O6S. The van der Waals surface area contributed by atoms with Crippen molar-refractivity contribution in [2.45, 2.75) is 24.9 Å². The van der Waals surface area contributed by atoms with E-state index in [0.717, 1.165) is 0 Å². The molecule has 0 unspecified atom stereocenters. The van der Waals surface area contributed by atoms with Gasteiger partial charge >= 0.3 is 12.1 Å². The zero-order valence-electron chi connectivity index (χ0n) is 12.5. The molecule has 8 nitrogen and oxygen atoms in total. The van der Waals surface area contributed by atoms with Crippen molar-refractivity contribution in [3.05, 3.63) is 33.4 Å². The smallest absolute Gasteiger partial charge is 0.424 e. The second-order valence-electron chi connectivity index (χ2n) is 4.48. The first-order valence-corrected chi connectivity index (χ1v) is 7.95. The van der Waals surface area contributed by atoms with Gasteiger partial charge in [0, 0.05) is 13.1 Å². The Balaban J connectivity index is 3.99. The van der Waals surface area contributed by atoms with Gasteiger partial charge in [0.1, 0.15) is 10.5 Å². The van der Waals surface area contributed by atoms with Gasteiger partial charge in [-0.3, -0.25) is 10.1 Å². The van der Waals surface area contributed by atoms with Crippen LogP contribution in [0.2, 0.25) is 0 Å². The van der Waals surface area contributed by atoms with E-state index in [4.69, 9.17) is 5.11 Å². The minimum atomic E-state index is -5.44. The third-order valence-corrected chi connectivity index (χ3v) is 5.25. The first-order valence-electron chi connectivity index (χ1n) is 6.51. The van der Waals surface area contributed by atoms with Gasteiger partial charge in [0.25, 0.3) is 5.69 Å². The Morgan fingerprint density at radius 2 is 1.79 bits per heavy atom. The molecule has 0 fully saturated rings. The van der Waals surface area contributed by atoms with E-state index in [1.54, 1.807) is 0 Å². The van der Waals surface area contributed by atoms with Crippen molar-refractivity contribution in [3.63, 3.8) is 0 Å². The summed E-state index contributed by atoms with van der Waals surface area (Å²) in [6.07, 6.45) is -5.44. The van der Waals surface area contributed by atoms with Crippen LogP contribution in [0, 0.1) is 10.1 Å². The van der Waals surface area contributed by atoms with Crippen molar-refractivity contribution in [3.8, 4) is 0 Å². The predicted molar refractivity (Wildman–Crippen MR) is 75.2 cm³/mol. The number of carboxylic acid groups (broad SMARTS) is 1. The molecule has 0 saturated carbocycles. The summed E-state index contributed by atoms with van der Waals surface area (Å²) in [6, 6.07) is 0.902. The van der Waals surface area contributed by atoms with E-state index in [0.29, 0.717) is 16.4 Å². The molecule has 1 rings (SSSR count). The molecule has 1 aromatic carbocycles. The Hall–Kier alpha value is -2.21. The van der Waals surface area contributed by atoms with Gasteiger partial charge in [0.05, 0.1) is 4.92 Å². The van der Waals surface area contributed by atoms with E-state index < -0.39 is 48.8 Å². The van der Waals surface area contributed by atoms with Crippen LogP contribution >= 0.6 is 0 Å². The van der Waals surface area contributed by atoms with E-state index >= 15 is 0 Å². The predicted octanol–water partition coefficient (Wildman–Crippen LogP) is 2.34. The molecule has 0 spiro atoms. The Labute approximate surface area is 134 Å². The summed E-state index contributed by atoms with van der Waals surface area (Å²) in [5.41, 5.74) is -5.15. The average Bonchev–Trinajstić information content (AvgIpc) is 2.45. The maximum absolute atomic E-state index is 13.3. The molecule has 1 N–H and O–H groups in total. The highest BCUT2D eigenvalue weighted by Gasteiger charge is 2.47. The lowest BCUT2D eigenvalue weighted by Gasteiger charge is -2.21. The Kier molecular flexibility index (Phi) is 5.56. The number of benzene rings is 1. The van der Waals surface area contributed by atoms with Crippen LogP contribution in [0.4, 0.5) is 18.9 Å². The zero-order chi connectivity index (χ0) is 18.9. The van der Waals surface area contributed by atoms with Crippen LogP contribution in [0.5, 0.6) is 0 Å². The molecule has 0 bridgehead atoms. The molecule has 12 heteroatoms. The number of sulfonamides is 1. The van der Waals surface area contributed by atoms with Crippen LogP contribution in [-0.4, -0.2) is 41.8 Å². The second-order valence-corrected chi connectivity index (χ2v) is 6.39. The van der Waals surface area contributed by atoms with Crippen LogP contribution in [0.25, 0.3) is 0 Å². The van der Waals surface area contributed by atoms with Crippen molar-refractivity contribution < 1.29 is 36.4 Å². The standard InChI is InChI=1S/C12H13F3N2O6S/c1-3-16(4-2)24(22,23)8-6-5-7(11(18)19)10(17(20)21)9(8)12(13,14)15/h5-6H,3-4H2,1-2H3,(H,18,19). The fraction of sp³-hybridized carbons (Fsp3) is 0.417. The fourth-order valence-corrected chi connectivity index (χ4v) is 3.79. The summed E-state index contributed by atoms with van der Waals surface area (Å²) in [7, 11) is -4.70. The largest absolute Gasteiger partial charge is 0.477 e. The van der Waals surface area contributed by atoms with E-state index in [1.807, 2.05) is 0 Å². The maximum Gasteiger partial charge on any atom is 0.424 e. The quantitative estimate of drug-likeness (QED) is 0.607. The lowest BCUT2D eigenvalue weighted by molar-refractivity contribution is -0.388. The van der Waals surface area contributed by atoms with Crippen molar-refractivity contribution in [2.75, 3.05) is 13.1 Å². The highest BCUT2D eigenvalue weighted by Crippen LogP contribution is 2.42. The van der Waals surface area contributed by atoms with Gasteiger partial charge in [-0.1, -0.05) is 13.8 Å². The number of hydrogen-bond acceptors (Lipinski definition) is 5. The highest BCUT2D eigenvalue weighted by molar-refractivity contribution is 7.89. The summed E-state index contributed by atoms with van der Waals surface area (Å²) in [4.78, 5) is 19.1. The Morgan fingerprint density at radius 3 is 2.12 bits per heavy atom. The minimum Gasteiger partial charge on any atom is -0.477 e. The zero-order valence-corrected chi connectivity index (χ0v) is 13.3. The van der Waals surface area contributed by atoms with E-state index in [1.165, 1.54) is 13.8 Å². The van der Waals surface area contributed by atoms with Crippen molar-refractivity contribution in [2.24, 2.45) is 0 Å². The monoisotopic (exact) mass is 370 g/mol. The van der Waals surface area contributed by atoms with Crippen molar-refractivity contribution >= 4 is 21.7 Å². The first-order chi connectivity index (χ1) is 10.9. The van der Waals surface area contributed by atoms with Crippen molar-refractivity contribution in [1.82, 2.24) is 4.31 Å². The number of nitro groups is 1. The van der Waals surface area contributed by atoms with Gasteiger partial charge in [0.2, 0.25) is 10.0 Å². The van der Waals surface area contributed by atoms with Gasteiger partial charge < -0.3 is 5.11 Å². The molecule has 0 amide bonds. The molecule has 24 heavy (non-hydrogen) atoms. The van der Waals surface area contributed by atoms with E-state index in [9.17, 15) is 36.5 Å². The number of alkyl halides is 3. The maximum atomic E-state index is 13.3. The molecule has 134 valence electrons. The van der Waals surface area contributed by atoms with Crippen LogP contribution in [-0.2, 0) is 16.2 Å². The lowest BCUT2D eigenvalue weighted by Crippen LogP contribution is -2.32. The molecule has 0 aromatic heterocycles. The number of rotatable bonds is 6. The van der Waals surface area contributed by atoms with Crippen LogP contribution < -0.4 is 0 Å². The van der Waals surface area contributed by atoms with Gasteiger partial charge in [-0.25, -0.2) is 13.2 Å². The normalized spacial score (nSPS) is 12.4. The van der Waals surface area contributed by atoms with Gasteiger partial charge in [-0.2, -0.15) is 17.5 Å². The fourth-order valence-electron chi connectivity index (χ4n) is 2.13. The lowest BCUT2D eigenvalue weighted by atomic mass is 10.1. The average molecular weight is 370 g/mol. The minimum absolute atomic E-state index is 0.162. The van der Waals surface area contributed by atoms with E-state index in [2.05, 4.69) is 0 Å². The Bertz CT molecular complexity index is 772. The molecule has 1 aromatic rings. The molecule has 0 aliphatic heterocycles. The number of nitro benzene ring substituents is 1. The first kappa shape index (κ1) is 19.8. The molecule has 0 aliphatic rings. The topological polar surface area (TPSA) is 118 Å². The summed E-state index contributed by atoms with van der Waals surface area (Å²) in [6.45, 7) is 2.44.